The van der Waals surface area contributed by atoms with Gasteiger partial charge < -0.3 is 9.84 Å². The minimum absolute atomic E-state index is 0.0955. The van der Waals surface area contributed by atoms with Crippen LogP contribution in [0.4, 0.5) is 0 Å². The van der Waals surface area contributed by atoms with Crippen LogP contribution < -0.4 is 4.74 Å². The van der Waals surface area contributed by atoms with E-state index >= 15 is 0 Å². The molecule has 0 aliphatic carbocycles. The Hall–Kier alpha value is -1.25. The maximum Gasteiger partial charge on any atom is 0.256 e. The summed E-state index contributed by atoms with van der Waals surface area (Å²) in [6.45, 7) is 4.66. The van der Waals surface area contributed by atoms with E-state index in [2.05, 4.69) is 4.98 Å². The Balaban J connectivity index is 2.57. The fraction of sp³-hybridized carbons (Fsp3) is 0.444. The fourth-order valence-corrected chi connectivity index (χ4v) is 0.739. The molecule has 0 fully saturated rings. The lowest BCUT2D eigenvalue weighted by Gasteiger charge is -2.07. The smallest absolute Gasteiger partial charge is 0.256 e. The van der Waals surface area contributed by atoms with Gasteiger partial charge in [-0.15, -0.1) is 0 Å². The third kappa shape index (κ3) is 2.42. The summed E-state index contributed by atoms with van der Waals surface area (Å²) in [7, 11) is 0. The molecule has 0 amide bonds. The molecule has 0 unspecified atom stereocenters. The normalized spacial score (nSPS) is 10.2. The lowest BCUT2D eigenvalue weighted by Crippen LogP contribution is -2.05. The Labute approximate surface area is 72.0 Å². The molecule has 1 heterocycles. The van der Waals surface area contributed by atoms with Crippen molar-refractivity contribution in [1.82, 2.24) is 4.98 Å². The van der Waals surface area contributed by atoms with Crippen LogP contribution in [-0.4, -0.2) is 16.7 Å². The summed E-state index contributed by atoms with van der Waals surface area (Å²) < 4.78 is 5.24. The SMILES string of the molecule is CC(C)COc1ncccc1O. The zero-order valence-corrected chi connectivity index (χ0v) is 7.32. The van der Waals surface area contributed by atoms with Gasteiger partial charge in [-0.2, -0.15) is 0 Å². The molecule has 1 N–H and O–H groups in total. The van der Waals surface area contributed by atoms with Crippen molar-refractivity contribution in [2.45, 2.75) is 13.8 Å². The molecular weight excluding hydrogens is 154 g/mol. The molecule has 0 saturated heterocycles. The third-order valence-corrected chi connectivity index (χ3v) is 1.30. The average Bonchev–Trinajstić information content (AvgIpc) is 2.03. The first-order valence-corrected chi connectivity index (χ1v) is 3.97. The van der Waals surface area contributed by atoms with Gasteiger partial charge in [-0.1, -0.05) is 13.8 Å². The minimum Gasteiger partial charge on any atom is -0.503 e. The highest BCUT2D eigenvalue weighted by Gasteiger charge is 2.02. The van der Waals surface area contributed by atoms with Crippen molar-refractivity contribution in [3.05, 3.63) is 18.3 Å². The highest BCUT2D eigenvalue weighted by molar-refractivity contribution is 5.30. The lowest BCUT2D eigenvalue weighted by molar-refractivity contribution is 0.249. The lowest BCUT2D eigenvalue weighted by atomic mass is 10.2. The van der Waals surface area contributed by atoms with E-state index in [1.807, 2.05) is 13.8 Å². The van der Waals surface area contributed by atoms with E-state index < -0.39 is 0 Å². The fourth-order valence-electron chi connectivity index (χ4n) is 0.739. The standard InChI is InChI=1S/C9H13NO2/c1-7(2)6-12-9-8(11)4-3-5-10-9/h3-5,7,11H,6H2,1-2H3. The molecular formula is C9H13NO2. The highest BCUT2D eigenvalue weighted by Crippen LogP contribution is 2.21. The zero-order chi connectivity index (χ0) is 8.97. The summed E-state index contributed by atoms with van der Waals surface area (Å²) in [6, 6.07) is 3.22. The topological polar surface area (TPSA) is 42.4 Å². The number of pyridine rings is 1. The Kier molecular flexibility index (Phi) is 2.91. The number of nitrogens with zero attached hydrogens (tertiary/aromatic N) is 1. The Morgan fingerprint density at radius 2 is 2.33 bits per heavy atom. The van der Waals surface area contributed by atoms with Gasteiger partial charge in [0, 0.05) is 6.20 Å². The van der Waals surface area contributed by atoms with Gasteiger partial charge in [-0.3, -0.25) is 0 Å². The maximum atomic E-state index is 9.24. The van der Waals surface area contributed by atoms with Crippen LogP contribution in [-0.2, 0) is 0 Å². The van der Waals surface area contributed by atoms with E-state index in [0.717, 1.165) is 0 Å². The van der Waals surface area contributed by atoms with Gasteiger partial charge in [0.15, 0.2) is 5.75 Å². The van der Waals surface area contributed by atoms with Crippen molar-refractivity contribution >= 4 is 0 Å². The quantitative estimate of drug-likeness (QED) is 0.746. The first-order chi connectivity index (χ1) is 5.70. The van der Waals surface area contributed by atoms with E-state index in [-0.39, 0.29) is 5.75 Å². The summed E-state index contributed by atoms with van der Waals surface area (Å²) in [6.07, 6.45) is 1.59. The molecule has 3 heteroatoms. The summed E-state index contributed by atoms with van der Waals surface area (Å²) in [5.74, 6) is 0.843. The van der Waals surface area contributed by atoms with Gasteiger partial charge in [0.2, 0.25) is 0 Å². The third-order valence-electron chi connectivity index (χ3n) is 1.30. The molecule has 3 nitrogen and oxygen atoms in total. The molecule has 0 atom stereocenters. The predicted octanol–water partition coefficient (Wildman–Crippen LogP) is 1.82. The zero-order valence-electron chi connectivity index (χ0n) is 7.32. The maximum absolute atomic E-state index is 9.24. The highest BCUT2D eigenvalue weighted by atomic mass is 16.5. The second-order valence-corrected chi connectivity index (χ2v) is 3.03. The van der Waals surface area contributed by atoms with Gasteiger partial charge in [0.1, 0.15) is 0 Å². The number of ether oxygens (including phenoxy) is 1. The Morgan fingerprint density at radius 1 is 1.58 bits per heavy atom. The molecule has 0 spiro atoms. The molecule has 0 radical (unpaired) electrons. The summed E-state index contributed by atoms with van der Waals surface area (Å²) >= 11 is 0. The Morgan fingerprint density at radius 3 is 2.92 bits per heavy atom. The molecule has 66 valence electrons. The predicted molar refractivity (Wildman–Crippen MR) is 46.2 cm³/mol. The molecule has 0 bridgehead atoms. The first kappa shape index (κ1) is 8.84. The molecule has 1 aromatic rings. The van der Waals surface area contributed by atoms with Crippen molar-refractivity contribution < 1.29 is 9.84 Å². The first-order valence-electron chi connectivity index (χ1n) is 3.97. The van der Waals surface area contributed by atoms with Crippen LogP contribution in [0.2, 0.25) is 0 Å². The van der Waals surface area contributed by atoms with Crippen LogP contribution in [0.1, 0.15) is 13.8 Å². The van der Waals surface area contributed by atoms with Gasteiger partial charge in [-0.05, 0) is 18.1 Å². The van der Waals surface area contributed by atoms with E-state index in [9.17, 15) is 5.11 Å². The van der Waals surface area contributed by atoms with Crippen LogP contribution in [0.15, 0.2) is 18.3 Å². The van der Waals surface area contributed by atoms with E-state index in [1.165, 1.54) is 0 Å². The largest absolute Gasteiger partial charge is 0.503 e. The molecule has 0 aliphatic rings. The van der Waals surface area contributed by atoms with E-state index in [0.29, 0.717) is 18.4 Å². The number of aromatic hydroxyl groups is 1. The van der Waals surface area contributed by atoms with Crippen molar-refractivity contribution in [3.8, 4) is 11.6 Å². The van der Waals surface area contributed by atoms with Crippen molar-refractivity contribution in [1.29, 1.82) is 0 Å². The second kappa shape index (κ2) is 3.95. The summed E-state index contributed by atoms with van der Waals surface area (Å²) in [4.78, 5) is 3.88. The van der Waals surface area contributed by atoms with Crippen molar-refractivity contribution in [2.24, 2.45) is 5.92 Å². The molecule has 0 saturated carbocycles. The number of rotatable bonds is 3. The number of aromatic nitrogens is 1. The molecule has 1 aromatic heterocycles. The van der Waals surface area contributed by atoms with E-state index in [4.69, 9.17) is 4.74 Å². The molecule has 12 heavy (non-hydrogen) atoms. The molecule has 1 rings (SSSR count). The molecule has 0 aromatic carbocycles. The Bertz CT molecular complexity index is 248. The van der Waals surface area contributed by atoms with Gasteiger partial charge >= 0.3 is 0 Å². The van der Waals surface area contributed by atoms with Crippen LogP contribution in [0.5, 0.6) is 11.6 Å². The minimum atomic E-state index is 0.0955. The van der Waals surface area contributed by atoms with Gasteiger partial charge in [0.25, 0.3) is 5.88 Å². The van der Waals surface area contributed by atoms with Crippen molar-refractivity contribution in [3.63, 3.8) is 0 Å². The summed E-state index contributed by atoms with van der Waals surface area (Å²) in [5, 5.41) is 9.24. The monoisotopic (exact) mass is 167 g/mol. The second-order valence-electron chi connectivity index (χ2n) is 3.03. The molecule has 0 aliphatic heterocycles. The van der Waals surface area contributed by atoms with Crippen molar-refractivity contribution in [2.75, 3.05) is 6.61 Å². The van der Waals surface area contributed by atoms with Gasteiger partial charge in [0.05, 0.1) is 6.61 Å². The average molecular weight is 167 g/mol. The van der Waals surface area contributed by atoms with Crippen LogP contribution >= 0.6 is 0 Å². The van der Waals surface area contributed by atoms with Crippen LogP contribution in [0, 0.1) is 5.92 Å². The number of hydrogen-bond acceptors (Lipinski definition) is 3. The van der Waals surface area contributed by atoms with Gasteiger partial charge in [-0.25, -0.2) is 4.98 Å². The van der Waals surface area contributed by atoms with E-state index in [1.54, 1.807) is 18.3 Å². The van der Waals surface area contributed by atoms with Crippen LogP contribution in [0.3, 0.4) is 0 Å². The summed E-state index contributed by atoms with van der Waals surface area (Å²) in [5.41, 5.74) is 0. The van der Waals surface area contributed by atoms with Crippen LogP contribution in [0.25, 0.3) is 0 Å². The number of hydrogen-bond donors (Lipinski definition) is 1.